The van der Waals surface area contributed by atoms with Gasteiger partial charge >= 0.3 is 0 Å². The maximum absolute atomic E-state index is 12.1. The molecule has 3 rings (SSSR count). The zero-order valence-electron chi connectivity index (χ0n) is 13.3. The van der Waals surface area contributed by atoms with Gasteiger partial charge < -0.3 is 5.32 Å². The van der Waals surface area contributed by atoms with Crippen molar-refractivity contribution in [3.8, 4) is 10.6 Å². The minimum atomic E-state index is -0.0141. The highest BCUT2D eigenvalue weighted by atomic mass is 32.1. The van der Waals surface area contributed by atoms with E-state index in [1.807, 2.05) is 48.5 Å². The summed E-state index contributed by atoms with van der Waals surface area (Å²) >= 11 is 3.10. The fraction of sp³-hybridized carbons (Fsp3) is 0.312. The Morgan fingerprint density at radius 3 is 2.83 bits per heavy atom. The molecule has 3 heterocycles. The van der Waals surface area contributed by atoms with E-state index in [0.717, 1.165) is 27.5 Å². The molecule has 23 heavy (non-hydrogen) atoms. The van der Waals surface area contributed by atoms with Gasteiger partial charge in [-0.25, -0.2) is 4.98 Å². The molecular formula is C16H18N4OS2. The van der Waals surface area contributed by atoms with E-state index in [0.29, 0.717) is 18.0 Å². The molecular weight excluding hydrogens is 328 g/mol. The van der Waals surface area contributed by atoms with Crippen LogP contribution in [-0.2, 0) is 18.3 Å². The van der Waals surface area contributed by atoms with Crippen molar-refractivity contribution in [3.05, 3.63) is 39.8 Å². The molecule has 7 heteroatoms. The lowest BCUT2D eigenvalue weighted by Crippen LogP contribution is -2.12. The van der Waals surface area contributed by atoms with Gasteiger partial charge in [0.15, 0.2) is 5.13 Å². The number of hydrogen-bond acceptors (Lipinski definition) is 5. The maximum atomic E-state index is 12.1. The van der Waals surface area contributed by atoms with E-state index in [1.165, 1.54) is 11.3 Å². The third kappa shape index (κ3) is 3.51. The number of rotatable bonds is 5. The lowest BCUT2D eigenvalue weighted by atomic mass is 10.1. The summed E-state index contributed by atoms with van der Waals surface area (Å²) in [7, 11) is 1.92. The van der Waals surface area contributed by atoms with E-state index in [4.69, 9.17) is 0 Å². The molecule has 0 radical (unpaired) electrons. The van der Waals surface area contributed by atoms with Crippen LogP contribution >= 0.6 is 22.7 Å². The smallest absolute Gasteiger partial charge is 0.226 e. The normalized spacial score (nSPS) is 10.9. The number of anilines is 1. The molecule has 120 valence electrons. The largest absolute Gasteiger partial charge is 0.302 e. The van der Waals surface area contributed by atoms with Gasteiger partial charge in [-0.05, 0) is 37.3 Å². The molecule has 3 aromatic rings. The SMILES string of the molecule is Cc1nn(C)c(C)c1CCC(=O)Nc1nc(-c2cccs2)cs1. The minimum Gasteiger partial charge on any atom is -0.302 e. The molecule has 0 aromatic carbocycles. The molecule has 1 amide bonds. The molecule has 0 saturated carbocycles. The zero-order valence-corrected chi connectivity index (χ0v) is 14.9. The van der Waals surface area contributed by atoms with Crippen molar-refractivity contribution in [2.45, 2.75) is 26.7 Å². The second kappa shape index (κ2) is 6.64. The Balaban J connectivity index is 1.59. The minimum absolute atomic E-state index is 0.0141. The Kier molecular flexibility index (Phi) is 4.58. The van der Waals surface area contributed by atoms with Crippen molar-refractivity contribution < 1.29 is 4.79 Å². The second-order valence-electron chi connectivity index (χ2n) is 5.34. The standard InChI is InChI=1S/C16H18N4OS2/c1-10-12(11(2)20(3)19-10)6-7-15(21)18-16-17-13(9-23-16)14-5-4-8-22-14/h4-5,8-9H,6-7H2,1-3H3,(H,17,18,21). The van der Waals surface area contributed by atoms with Crippen molar-refractivity contribution in [2.75, 3.05) is 5.32 Å². The average Bonchev–Trinajstić information content (AvgIpc) is 3.21. The number of aromatic nitrogens is 3. The van der Waals surface area contributed by atoms with Crippen LogP contribution < -0.4 is 5.32 Å². The number of aryl methyl sites for hydroxylation is 2. The van der Waals surface area contributed by atoms with Gasteiger partial charge in [-0.15, -0.1) is 22.7 Å². The van der Waals surface area contributed by atoms with Gasteiger partial charge in [-0.3, -0.25) is 9.48 Å². The van der Waals surface area contributed by atoms with E-state index in [1.54, 1.807) is 11.3 Å². The molecule has 0 bridgehead atoms. The van der Waals surface area contributed by atoms with Gasteiger partial charge in [0.1, 0.15) is 0 Å². The summed E-state index contributed by atoms with van der Waals surface area (Å²) < 4.78 is 1.86. The fourth-order valence-corrected chi connectivity index (χ4v) is 3.96. The van der Waals surface area contributed by atoms with Crippen LogP contribution in [0.1, 0.15) is 23.4 Å². The van der Waals surface area contributed by atoms with Gasteiger partial charge in [0.2, 0.25) is 5.91 Å². The van der Waals surface area contributed by atoms with Gasteiger partial charge in [-0.1, -0.05) is 6.07 Å². The van der Waals surface area contributed by atoms with Crippen LogP contribution in [0.5, 0.6) is 0 Å². The third-order valence-electron chi connectivity index (χ3n) is 3.79. The molecule has 0 aliphatic heterocycles. The average molecular weight is 346 g/mol. The summed E-state index contributed by atoms with van der Waals surface area (Å²) in [6, 6.07) is 4.02. The van der Waals surface area contributed by atoms with Gasteiger partial charge in [0.05, 0.1) is 16.3 Å². The van der Waals surface area contributed by atoms with Crippen LogP contribution in [0.3, 0.4) is 0 Å². The topological polar surface area (TPSA) is 59.8 Å². The van der Waals surface area contributed by atoms with Crippen LogP contribution in [0.2, 0.25) is 0 Å². The Bertz CT molecular complexity index is 817. The van der Waals surface area contributed by atoms with Crippen molar-refractivity contribution in [1.82, 2.24) is 14.8 Å². The predicted octanol–water partition coefficient (Wildman–Crippen LogP) is 3.79. The quantitative estimate of drug-likeness (QED) is 0.764. The molecule has 0 unspecified atom stereocenters. The number of carbonyl (C=O) groups is 1. The molecule has 3 aromatic heterocycles. The molecule has 5 nitrogen and oxygen atoms in total. The van der Waals surface area contributed by atoms with E-state index in [-0.39, 0.29) is 5.91 Å². The lowest BCUT2D eigenvalue weighted by molar-refractivity contribution is -0.116. The summed E-state index contributed by atoms with van der Waals surface area (Å²) in [5.41, 5.74) is 4.18. The third-order valence-corrected chi connectivity index (χ3v) is 5.44. The van der Waals surface area contributed by atoms with Crippen LogP contribution in [0, 0.1) is 13.8 Å². The Morgan fingerprint density at radius 2 is 2.17 bits per heavy atom. The summed E-state index contributed by atoms with van der Waals surface area (Å²) in [5.74, 6) is -0.0141. The van der Waals surface area contributed by atoms with Crippen LogP contribution in [0.25, 0.3) is 10.6 Å². The first-order valence-corrected chi connectivity index (χ1v) is 9.09. The van der Waals surface area contributed by atoms with Crippen molar-refractivity contribution in [2.24, 2.45) is 7.05 Å². The van der Waals surface area contributed by atoms with Crippen LogP contribution in [0.15, 0.2) is 22.9 Å². The second-order valence-corrected chi connectivity index (χ2v) is 7.14. The molecule has 0 spiro atoms. The van der Waals surface area contributed by atoms with E-state index < -0.39 is 0 Å². The number of carbonyl (C=O) groups excluding carboxylic acids is 1. The van der Waals surface area contributed by atoms with Gasteiger partial charge in [0.25, 0.3) is 0 Å². The molecule has 1 N–H and O–H groups in total. The van der Waals surface area contributed by atoms with Crippen molar-refractivity contribution >= 4 is 33.7 Å². The van der Waals surface area contributed by atoms with E-state index in [9.17, 15) is 4.79 Å². The Hall–Kier alpha value is -1.99. The number of amides is 1. The summed E-state index contributed by atoms with van der Waals surface area (Å²) in [4.78, 5) is 17.7. The first-order chi connectivity index (χ1) is 11.0. The number of thiophene rings is 1. The highest BCUT2D eigenvalue weighted by Gasteiger charge is 2.13. The van der Waals surface area contributed by atoms with Crippen molar-refractivity contribution in [3.63, 3.8) is 0 Å². The van der Waals surface area contributed by atoms with E-state index in [2.05, 4.69) is 15.4 Å². The maximum Gasteiger partial charge on any atom is 0.226 e. The molecule has 0 aliphatic rings. The molecule has 0 aliphatic carbocycles. The fourth-order valence-electron chi connectivity index (χ4n) is 2.47. The monoisotopic (exact) mass is 346 g/mol. The number of hydrogen-bond donors (Lipinski definition) is 1. The summed E-state index contributed by atoms with van der Waals surface area (Å²) in [6.07, 6.45) is 1.13. The first-order valence-electron chi connectivity index (χ1n) is 7.33. The first kappa shape index (κ1) is 15.9. The molecule has 0 fully saturated rings. The zero-order chi connectivity index (χ0) is 16.4. The highest BCUT2D eigenvalue weighted by Crippen LogP contribution is 2.28. The summed E-state index contributed by atoms with van der Waals surface area (Å²) in [5, 5.41) is 11.9. The van der Waals surface area contributed by atoms with Crippen LogP contribution in [0.4, 0.5) is 5.13 Å². The van der Waals surface area contributed by atoms with Crippen molar-refractivity contribution in [1.29, 1.82) is 0 Å². The lowest BCUT2D eigenvalue weighted by Gasteiger charge is -2.03. The number of nitrogens with one attached hydrogen (secondary N) is 1. The summed E-state index contributed by atoms with van der Waals surface area (Å²) in [6.45, 7) is 4.01. The molecule has 0 saturated heterocycles. The highest BCUT2D eigenvalue weighted by molar-refractivity contribution is 7.16. The Labute approximate surface area is 143 Å². The van der Waals surface area contributed by atoms with E-state index >= 15 is 0 Å². The van der Waals surface area contributed by atoms with Gasteiger partial charge in [-0.2, -0.15) is 5.10 Å². The Morgan fingerprint density at radius 1 is 1.35 bits per heavy atom. The predicted molar refractivity (Wildman–Crippen MR) is 95.1 cm³/mol. The van der Waals surface area contributed by atoms with Gasteiger partial charge in [0, 0.05) is 24.5 Å². The van der Waals surface area contributed by atoms with Crippen LogP contribution in [-0.4, -0.2) is 20.7 Å². The molecule has 0 atom stereocenters. The number of nitrogens with zero attached hydrogens (tertiary/aromatic N) is 3. The number of thiazole rings is 1.